The summed E-state index contributed by atoms with van der Waals surface area (Å²) in [6.07, 6.45) is 5.26. The zero-order chi connectivity index (χ0) is 11.8. The van der Waals surface area contributed by atoms with Gasteiger partial charge in [-0.1, -0.05) is 23.7 Å². The van der Waals surface area contributed by atoms with Gasteiger partial charge < -0.3 is 10.2 Å². The van der Waals surface area contributed by atoms with Gasteiger partial charge in [0.05, 0.1) is 10.7 Å². The Kier molecular flexibility index (Phi) is 3.01. The predicted molar refractivity (Wildman–Crippen MR) is 72.7 cm³/mol. The van der Waals surface area contributed by atoms with Gasteiger partial charge in [-0.3, -0.25) is 0 Å². The van der Waals surface area contributed by atoms with E-state index in [1.165, 1.54) is 36.9 Å². The summed E-state index contributed by atoms with van der Waals surface area (Å²) in [5, 5.41) is 4.45. The van der Waals surface area contributed by atoms with Crippen molar-refractivity contribution in [3.05, 3.63) is 28.8 Å². The fourth-order valence-electron chi connectivity index (χ4n) is 2.28. The summed E-state index contributed by atoms with van der Waals surface area (Å²) in [5.41, 5.74) is 2.56. The molecule has 0 aromatic heterocycles. The van der Waals surface area contributed by atoms with Crippen molar-refractivity contribution in [2.45, 2.75) is 44.3 Å². The molecule has 0 bridgehead atoms. The second kappa shape index (κ2) is 4.51. The van der Waals surface area contributed by atoms with Crippen molar-refractivity contribution in [3.8, 4) is 0 Å². The Hall–Kier alpha value is -0.730. The zero-order valence-corrected chi connectivity index (χ0v) is 11.0. The van der Waals surface area contributed by atoms with Gasteiger partial charge in [0.2, 0.25) is 0 Å². The van der Waals surface area contributed by atoms with Gasteiger partial charge in [0, 0.05) is 25.7 Å². The molecule has 3 rings (SSSR count). The van der Waals surface area contributed by atoms with E-state index in [0.717, 1.165) is 17.6 Å². The normalized spacial score (nSPS) is 19.4. The van der Waals surface area contributed by atoms with Gasteiger partial charge >= 0.3 is 0 Å². The Bertz CT molecular complexity index is 411. The first kappa shape index (κ1) is 11.4. The monoisotopic (exact) mass is 250 g/mol. The lowest BCUT2D eigenvalue weighted by Crippen LogP contribution is -2.24. The average molecular weight is 251 g/mol. The topological polar surface area (TPSA) is 15.3 Å². The van der Waals surface area contributed by atoms with Gasteiger partial charge in [-0.15, -0.1) is 0 Å². The molecule has 2 saturated carbocycles. The number of halogens is 1. The van der Waals surface area contributed by atoms with E-state index in [9.17, 15) is 0 Å². The molecule has 1 aromatic rings. The summed E-state index contributed by atoms with van der Waals surface area (Å²) < 4.78 is 0. The second-order valence-corrected chi connectivity index (χ2v) is 5.65. The Morgan fingerprint density at radius 2 is 2.06 bits per heavy atom. The molecule has 0 amide bonds. The van der Waals surface area contributed by atoms with Crippen LogP contribution in [-0.4, -0.2) is 19.1 Å². The molecular formula is C14H19ClN2. The number of benzene rings is 1. The fraction of sp³-hybridized carbons (Fsp3) is 0.571. The van der Waals surface area contributed by atoms with E-state index in [1.807, 2.05) is 6.07 Å². The molecule has 2 fully saturated rings. The molecule has 0 saturated heterocycles. The van der Waals surface area contributed by atoms with Crippen molar-refractivity contribution < 1.29 is 0 Å². The molecule has 2 aliphatic carbocycles. The molecule has 2 nitrogen and oxygen atoms in total. The van der Waals surface area contributed by atoms with Gasteiger partial charge in [0.15, 0.2) is 0 Å². The first-order chi connectivity index (χ1) is 8.25. The number of nitrogens with zero attached hydrogens (tertiary/aromatic N) is 1. The largest absolute Gasteiger partial charge is 0.370 e. The maximum Gasteiger partial charge on any atom is 0.0642 e. The molecule has 2 aliphatic rings. The molecule has 92 valence electrons. The molecule has 0 heterocycles. The standard InChI is InChI=1S/C14H19ClN2/c1-17(12-7-8-12)14-10(3-2-4-13(14)15)9-16-11-5-6-11/h2-4,11-12,16H,5-9H2,1H3. The van der Waals surface area contributed by atoms with Crippen molar-refractivity contribution in [3.63, 3.8) is 0 Å². The van der Waals surface area contributed by atoms with Crippen LogP contribution in [0.3, 0.4) is 0 Å². The fourth-order valence-corrected chi connectivity index (χ4v) is 2.61. The SMILES string of the molecule is CN(c1c(Cl)cccc1CNC1CC1)C1CC1. The van der Waals surface area contributed by atoms with E-state index >= 15 is 0 Å². The number of anilines is 1. The van der Waals surface area contributed by atoms with E-state index in [0.29, 0.717) is 6.04 Å². The highest BCUT2D eigenvalue weighted by molar-refractivity contribution is 6.33. The van der Waals surface area contributed by atoms with Crippen LogP contribution < -0.4 is 10.2 Å². The second-order valence-electron chi connectivity index (χ2n) is 5.24. The van der Waals surface area contributed by atoms with Crippen molar-refractivity contribution in [1.82, 2.24) is 5.32 Å². The molecule has 1 N–H and O–H groups in total. The van der Waals surface area contributed by atoms with Crippen molar-refractivity contribution in [2.75, 3.05) is 11.9 Å². The summed E-state index contributed by atoms with van der Waals surface area (Å²) >= 11 is 6.36. The van der Waals surface area contributed by atoms with Crippen LogP contribution in [0.15, 0.2) is 18.2 Å². The minimum absolute atomic E-state index is 0.703. The Balaban J connectivity index is 1.81. The highest BCUT2D eigenvalue weighted by Gasteiger charge is 2.29. The molecule has 0 unspecified atom stereocenters. The van der Waals surface area contributed by atoms with Crippen LogP contribution >= 0.6 is 11.6 Å². The van der Waals surface area contributed by atoms with Gasteiger partial charge in [0.1, 0.15) is 0 Å². The van der Waals surface area contributed by atoms with Gasteiger partial charge in [-0.05, 0) is 37.3 Å². The van der Waals surface area contributed by atoms with Crippen LogP contribution in [0.5, 0.6) is 0 Å². The quantitative estimate of drug-likeness (QED) is 0.864. The number of hydrogen-bond acceptors (Lipinski definition) is 2. The molecule has 17 heavy (non-hydrogen) atoms. The van der Waals surface area contributed by atoms with E-state index < -0.39 is 0 Å². The lowest BCUT2D eigenvalue weighted by Gasteiger charge is -2.23. The van der Waals surface area contributed by atoms with Crippen molar-refractivity contribution >= 4 is 17.3 Å². The first-order valence-electron chi connectivity index (χ1n) is 6.49. The molecule has 0 atom stereocenters. The Labute approximate surface area is 108 Å². The summed E-state index contributed by atoms with van der Waals surface area (Å²) in [6, 6.07) is 7.69. The lowest BCUT2D eigenvalue weighted by atomic mass is 10.1. The van der Waals surface area contributed by atoms with Crippen LogP contribution in [0.4, 0.5) is 5.69 Å². The van der Waals surface area contributed by atoms with Crippen LogP contribution in [-0.2, 0) is 6.54 Å². The number of nitrogens with one attached hydrogen (secondary N) is 1. The Morgan fingerprint density at radius 1 is 1.29 bits per heavy atom. The van der Waals surface area contributed by atoms with Crippen LogP contribution in [0, 0.1) is 0 Å². The molecule has 0 spiro atoms. The van der Waals surface area contributed by atoms with E-state index in [2.05, 4.69) is 29.4 Å². The summed E-state index contributed by atoms with van der Waals surface area (Å²) in [5.74, 6) is 0. The van der Waals surface area contributed by atoms with E-state index in [4.69, 9.17) is 11.6 Å². The molecule has 0 radical (unpaired) electrons. The molecular weight excluding hydrogens is 232 g/mol. The summed E-state index contributed by atoms with van der Waals surface area (Å²) in [4.78, 5) is 2.35. The summed E-state index contributed by atoms with van der Waals surface area (Å²) in [7, 11) is 2.17. The van der Waals surface area contributed by atoms with Crippen molar-refractivity contribution in [1.29, 1.82) is 0 Å². The van der Waals surface area contributed by atoms with E-state index in [1.54, 1.807) is 0 Å². The van der Waals surface area contributed by atoms with Crippen molar-refractivity contribution in [2.24, 2.45) is 0 Å². The van der Waals surface area contributed by atoms with Gasteiger partial charge in [-0.2, -0.15) is 0 Å². The zero-order valence-electron chi connectivity index (χ0n) is 10.2. The van der Waals surface area contributed by atoms with Crippen LogP contribution in [0.1, 0.15) is 31.2 Å². The Morgan fingerprint density at radius 3 is 2.71 bits per heavy atom. The predicted octanol–water partition coefficient (Wildman–Crippen LogP) is 3.19. The maximum absolute atomic E-state index is 6.36. The molecule has 1 aromatic carbocycles. The number of rotatable bonds is 5. The lowest BCUT2D eigenvalue weighted by molar-refractivity contribution is 0.685. The highest BCUT2D eigenvalue weighted by Crippen LogP contribution is 2.37. The molecule has 0 aliphatic heterocycles. The summed E-state index contributed by atoms with van der Waals surface area (Å²) in [6.45, 7) is 0.942. The third-order valence-corrected chi connectivity index (χ3v) is 3.98. The molecule has 3 heteroatoms. The average Bonchev–Trinajstić information content (AvgIpc) is 3.17. The third-order valence-electron chi connectivity index (χ3n) is 3.68. The number of hydrogen-bond donors (Lipinski definition) is 1. The van der Waals surface area contributed by atoms with Gasteiger partial charge in [0.25, 0.3) is 0 Å². The first-order valence-corrected chi connectivity index (χ1v) is 6.87. The highest BCUT2D eigenvalue weighted by atomic mass is 35.5. The van der Waals surface area contributed by atoms with Gasteiger partial charge in [-0.25, -0.2) is 0 Å². The third kappa shape index (κ3) is 2.58. The minimum atomic E-state index is 0.703. The smallest absolute Gasteiger partial charge is 0.0642 e. The maximum atomic E-state index is 6.36. The van der Waals surface area contributed by atoms with E-state index in [-0.39, 0.29) is 0 Å². The number of para-hydroxylation sites is 1. The minimum Gasteiger partial charge on any atom is -0.370 e. The van der Waals surface area contributed by atoms with Crippen LogP contribution in [0.2, 0.25) is 5.02 Å². The van der Waals surface area contributed by atoms with Crippen LogP contribution in [0.25, 0.3) is 0 Å².